The average Bonchev–Trinajstić information content (AvgIpc) is 2.74. The highest BCUT2D eigenvalue weighted by Gasteiger charge is 2.26. The van der Waals surface area contributed by atoms with Crippen LogP contribution in [0.2, 0.25) is 0 Å². The number of nitrogens with two attached hydrogens (primary N) is 1. The highest BCUT2D eigenvalue weighted by molar-refractivity contribution is 6.07. The minimum absolute atomic E-state index is 0.0665. The fraction of sp³-hybridized carbons (Fsp3) is 0.190. The molecule has 156 valence electrons. The second-order valence-corrected chi connectivity index (χ2v) is 6.58. The van der Waals surface area contributed by atoms with E-state index in [2.05, 4.69) is 4.98 Å². The van der Waals surface area contributed by atoms with E-state index in [4.69, 9.17) is 5.73 Å². The molecule has 30 heavy (non-hydrogen) atoms. The summed E-state index contributed by atoms with van der Waals surface area (Å²) in [7, 11) is 0. The molecule has 0 aliphatic rings. The van der Waals surface area contributed by atoms with Crippen molar-refractivity contribution >= 4 is 17.4 Å². The topological polar surface area (TPSA) is 121 Å². The van der Waals surface area contributed by atoms with E-state index >= 15 is 0 Å². The molecule has 1 amide bonds. The van der Waals surface area contributed by atoms with Crippen molar-refractivity contribution in [2.45, 2.75) is 13.0 Å². The SMILES string of the molecule is Nc1c(N(CCCO)C(=O)c2ccccc2F)c(=O)[nH]c(=O)n1Cc1ccccc1. The van der Waals surface area contributed by atoms with Gasteiger partial charge >= 0.3 is 5.69 Å². The second-order valence-electron chi connectivity index (χ2n) is 6.58. The van der Waals surface area contributed by atoms with E-state index in [1.807, 2.05) is 6.07 Å². The number of nitrogen functional groups attached to an aromatic ring is 1. The molecule has 0 radical (unpaired) electrons. The van der Waals surface area contributed by atoms with Crippen molar-refractivity contribution in [3.8, 4) is 0 Å². The van der Waals surface area contributed by atoms with Gasteiger partial charge in [0.2, 0.25) is 0 Å². The van der Waals surface area contributed by atoms with Gasteiger partial charge in [-0.05, 0) is 24.1 Å². The number of carbonyl (C=O) groups excluding carboxylic acids is 1. The molecule has 8 nitrogen and oxygen atoms in total. The number of hydrogen-bond acceptors (Lipinski definition) is 5. The highest BCUT2D eigenvalue weighted by Crippen LogP contribution is 2.21. The van der Waals surface area contributed by atoms with E-state index in [1.165, 1.54) is 18.2 Å². The Hall–Kier alpha value is -3.72. The monoisotopic (exact) mass is 412 g/mol. The number of aliphatic hydroxyl groups is 1. The van der Waals surface area contributed by atoms with Crippen molar-refractivity contribution in [3.05, 3.63) is 92.4 Å². The van der Waals surface area contributed by atoms with E-state index in [1.54, 1.807) is 24.3 Å². The Kier molecular flexibility index (Phi) is 6.43. The summed E-state index contributed by atoms with van der Waals surface area (Å²) < 4.78 is 15.3. The molecule has 0 unspecified atom stereocenters. The Balaban J connectivity index is 2.12. The summed E-state index contributed by atoms with van der Waals surface area (Å²) in [6.45, 7) is -0.292. The van der Waals surface area contributed by atoms with Crippen LogP contribution in [0, 0.1) is 5.82 Å². The summed E-state index contributed by atoms with van der Waals surface area (Å²) in [5.74, 6) is -1.79. The number of halogens is 1. The Morgan fingerprint density at radius 2 is 1.77 bits per heavy atom. The molecule has 1 aromatic heterocycles. The fourth-order valence-electron chi connectivity index (χ4n) is 3.08. The van der Waals surface area contributed by atoms with Gasteiger partial charge in [-0.2, -0.15) is 0 Å². The first-order valence-corrected chi connectivity index (χ1v) is 9.27. The largest absolute Gasteiger partial charge is 0.396 e. The zero-order valence-corrected chi connectivity index (χ0v) is 16.0. The Bertz CT molecular complexity index is 1160. The lowest BCUT2D eigenvalue weighted by atomic mass is 10.1. The van der Waals surface area contributed by atoms with Gasteiger partial charge in [0.05, 0.1) is 12.1 Å². The quantitative estimate of drug-likeness (QED) is 0.541. The first-order chi connectivity index (χ1) is 14.4. The maximum absolute atomic E-state index is 14.2. The van der Waals surface area contributed by atoms with Gasteiger partial charge in [0.15, 0.2) is 5.69 Å². The summed E-state index contributed by atoms with van der Waals surface area (Å²) in [6, 6.07) is 14.3. The number of aliphatic hydroxyl groups excluding tert-OH is 1. The van der Waals surface area contributed by atoms with Crippen LogP contribution in [-0.2, 0) is 6.54 Å². The van der Waals surface area contributed by atoms with Gasteiger partial charge in [-0.1, -0.05) is 42.5 Å². The maximum Gasteiger partial charge on any atom is 0.330 e. The van der Waals surface area contributed by atoms with Gasteiger partial charge < -0.3 is 15.7 Å². The molecular formula is C21H21FN4O4. The predicted molar refractivity (Wildman–Crippen MR) is 111 cm³/mol. The molecule has 3 rings (SSSR count). The number of nitrogens with zero attached hydrogens (tertiary/aromatic N) is 2. The summed E-state index contributed by atoms with van der Waals surface area (Å²) >= 11 is 0. The molecule has 0 spiro atoms. The van der Waals surface area contributed by atoms with Crippen LogP contribution in [0.15, 0.2) is 64.2 Å². The lowest BCUT2D eigenvalue weighted by Crippen LogP contribution is -2.42. The number of aromatic amines is 1. The molecule has 0 aliphatic heterocycles. The molecule has 0 saturated heterocycles. The molecule has 0 fully saturated rings. The van der Waals surface area contributed by atoms with Gasteiger partial charge in [0.25, 0.3) is 11.5 Å². The van der Waals surface area contributed by atoms with E-state index in [-0.39, 0.29) is 43.2 Å². The average molecular weight is 412 g/mol. The molecule has 0 saturated carbocycles. The van der Waals surface area contributed by atoms with Crippen molar-refractivity contribution in [1.82, 2.24) is 9.55 Å². The van der Waals surface area contributed by atoms with Gasteiger partial charge in [-0.25, -0.2) is 9.18 Å². The molecule has 3 aromatic rings. The molecular weight excluding hydrogens is 391 g/mol. The first kappa shape index (κ1) is 21.0. The molecule has 2 aromatic carbocycles. The number of rotatable bonds is 7. The molecule has 0 atom stereocenters. The highest BCUT2D eigenvalue weighted by atomic mass is 19.1. The maximum atomic E-state index is 14.2. The minimum Gasteiger partial charge on any atom is -0.396 e. The summed E-state index contributed by atoms with van der Waals surface area (Å²) in [4.78, 5) is 41.2. The lowest BCUT2D eigenvalue weighted by Gasteiger charge is -2.24. The molecule has 9 heteroatoms. The van der Waals surface area contributed by atoms with Crippen molar-refractivity contribution in [3.63, 3.8) is 0 Å². The number of amides is 1. The van der Waals surface area contributed by atoms with E-state index in [9.17, 15) is 23.9 Å². The van der Waals surface area contributed by atoms with E-state index in [0.717, 1.165) is 21.1 Å². The van der Waals surface area contributed by atoms with E-state index in [0.29, 0.717) is 0 Å². The number of hydrogen-bond donors (Lipinski definition) is 3. The van der Waals surface area contributed by atoms with Crippen LogP contribution in [0.1, 0.15) is 22.3 Å². The summed E-state index contributed by atoms with van der Waals surface area (Å²) in [5.41, 5.74) is 4.78. The van der Waals surface area contributed by atoms with Crippen molar-refractivity contribution in [2.24, 2.45) is 0 Å². The van der Waals surface area contributed by atoms with Gasteiger partial charge in [-0.15, -0.1) is 0 Å². The van der Waals surface area contributed by atoms with Crippen molar-refractivity contribution < 1.29 is 14.3 Å². The Morgan fingerprint density at radius 3 is 2.43 bits per heavy atom. The third kappa shape index (κ3) is 4.31. The number of H-pyrrole nitrogens is 1. The molecule has 0 aliphatic carbocycles. The van der Waals surface area contributed by atoms with Crippen LogP contribution in [-0.4, -0.2) is 33.7 Å². The third-order valence-corrected chi connectivity index (χ3v) is 4.56. The zero-order chi connectivity index (χ0) is 21.7. The van der Waals surface area contributed by atoms with Crippen LogP contribution in [0.25, 0.3) is 0 Å². The predicted octanol–water partition coefficient (Wildman–Crippen LogP) is 1.34. The summed E-state index contributed by atoms with van der Waals surface area (Å²) in [5, 5.41) is 9.22. The summed E-state index contributed by atoms with van der Waals surface area (Å²) in [6.07, 6.45) is 0.122. The third-order valence-electron chi connectivity index (χ3n) is 4.56. The normalized spacial score (nSPS) is 10.7. The van der Waals surface area contributed by atoms with Crippen LogP contribution in [0.5, 0.6) is 0 Å². The van der Waals surface area contributed by atoms with Gasteiger partial charge in [-0.3, -0.25) is 19.1 Å². The van der Waals surface area contributed by atoms with E-state index < -0.39 is 23.0 Å². The van der Waals surface area contributed by atoms with Crippen molar-refractivity contribution in [2.75, 3.05) is 23.8 Å². The van der Waals surface area contributed by atoms with Crippen LogP contribution >= 0.6 is 0 Å². The number of anilines is 2. The zero-order valence-electron chi connectivity index (χ0n) is 16.0. The molecule has 1 heterocycles. The fourth-order valence-corrected chi connectivity index (χ4v) is 3.08. The Morgan fingerprint density at radius 1 is 1.10 bits per heavy atom. The van der Waals surface area contributed by atoms with Gasteiger partial charge in [0, 0.05) is 13.2 Å². The van der Waals surface area contributed by atoms with Crippen LogP contribution < -0.4 is 21.9 Å². The first-order valence-electron chi connectivity index (χ1n) is 9.27. The van der Waals surface area contributed by atoms with Gasteiger partial charge in [0.1, 0.15) is 11.6 Å². The standard InChI is InChI=1S/C21H21FN4O4/c22-16-10-5-4-9-15(16)20(29)25(11-6-12-27)17-18(23)26(21(30)24-19(17)28)13-14-7-2-1-3-8-14/h1-5,7-10,27H,6,11-13,23H2,(H,24,28,30). The van der Waals surface area contributed by atoms with Crippen LogP contribution in [0.4, 0.5) is 15.9 Å². The smallest absolute Gasteiger partial charge is 0.330 e. The second kappa shape index (κ2) is 9.19. The minimum atomic E-state index is -0.871. The van der Waals surface area contributed by atoms with Crippen molar-refractivity contribution in [1.29, 1.82) is 0 Å². The Labute approximate surface area is 171 Å². The number of nitrogens with one attached hydrogen (secondary N) is 1. The number of carbonyl (C=O) groups is 1. The number of benzene rings is 2. The number of aromatic nitrogens is 2. The lowest BCUT2D eigenvalue weighted by molar-refractivity contribution is 0.0981. The molecule has 4 N–H and O–H groups in total. The molecule has 0 bridgehead atoms. The van der Waals surface area contributed by atoms with Crippen LogP contribution in [0.3, 0.4) is 0 Å².